The predicted molar refractivity (Wildman–Crippen MR) is 128 cm³/mol. The van der Waals surface area contributed by atoms with Gasteiger partial charge in [0, 0.05) is 41.7 Å². The Morgan fingerprint density at radius 3 is 2.61 bits per heavy atom. The number of nitrogens with one attached hydrogen (secondary N) is 2. The van der Waals surface area contributed by atoms with Gasteiger partial charge in [-0.25, -0.2) is 9.97 Å². The van der Waals surface area contributed by atoms with Gasteiger partial charge in [-0.1, -0.05) is 18.9 Å². The maximum atomic E-state index is 12.3. The minimum Gasteiger partial charge on any atom is -0.385 e. The Balaban J connectivity index is 1.41. The highest BCUT2D eigenvalue weighted by atomic mass is 16.3. The molecule has 0 radical (unpaired) electrons. The second kappa shape index (κ2) is 8.83. The summed E-state index contributed by atoms with van der Waals surface area (Å²) < 4.78 is 0. The standard InChI is InChI=1S/C25H32N6O2/c1-16-20-14-28-24(29-22-8-7-18(13-27-22)25(33)9-11-26-12-10-25)30-23(20)31(15-21(16)17(2)32)19-5-3-4-6-19/h7-8,13-14,19,26,33H,3-6,9-12,15H2,1-2H3,(H,27,28,29,30). The monoisotopic (exact) mass is 448 g/mol. The van der Waals surface area contributed by atoms with E-state index in [1.54, 1.807) is 13.1 Å². The highest BCUT2D eigenvalue weighted by molar-refractivity contribution is 6.04. The van der Waals surface area contributed by atoms with E-state index in [0.717, 1.165) is 54.0 Å². The topological polar surface area (TPSA) is 103 Å². The molecule has 1 saturated heterocycles. The first-order valence-corrected chi connectivity index (χ1v) is 12.0. The number of ketones is 1. The molecule has 0 bridgehead atoms. The summed E-state index contributed by atoms with van der Waals surface area (Å²) in [5.74, 6) is 2.12. The molecule has 174 valence electrons. The van der Waals surface area contributed by atoms with Crippen LogP contribution >= 0.6 is 0 Å². The second-order valence-electron chi connectivity index (χ2n) is 9.50. The van der Waals surface area contributed by atoms with Gasteiger partial charge in [-0.05, 0) is 64.3 Å². The van der Waals surface area contributed by atoms with E-state index in [2.05, 4.69) is 25.5 Å². The number of allylic oxidation sites excluding steroid dienone is 1. The average Bonchev–Trinajstić information content (AvgIpc) is 3.35. The number of fused-ring (bicyclic) bond motifs is 1. The summed E-state index contributed by atoms with van der Waals surface area (Å²) in [6.45, 7) is 5.84. The zero-order valence-electron chi connectivity index (χ0n) is 19.4. The van der Waals surface area contributed by atoms with Gasteiger partial charge in [0.2, 0.25) is 5.95 Å². The van der Waals surface area contributed by atoms with Crippen LogP contribution in [-0.4, -0.2) is 51.5 Å². The van der Waals surface area contributed by atoms with Crippen LogP contribution in [-0.2, 0) is 10.4 Å². The molecular weight excluding hydrogens is 416 g/mol. The zero-order chi connectivity index (χ0) is 23.0. The quantitative estimate of drug-likeness (QED) is 0.640. The van der Waals surface area contributed by atoms with E-state index < -0.39 is 5.60 Å². The minimum atomic E-state index is -0.820. The Labute approximate surface area is 194 Å². The molecule has 1 aliphatic carbocycles. The van der Waals surface area contributed by atoms with Crippen molar-refractivity contribution in [3.63, 3.8) is 0 Å². The van der Waals surface area contributed by atoms with Crippen LogP contribution in [0.5, 0.6) is 0 Å². The Hall–Kier alpha value is -2.84. The first-order chi connectivity index (χ1) is 15.9. The molecule has 1 saturated carbocycles. The number of aliphatic hydroxyl groups is 1. The third-order valence-electron chi connectivity index (χ3n) is 7.39. The Bertz CT molecular complexity index is 1070. The maximum Gasteiger partial charge on any atom is 0.230 e. The van der Waals surface area contributed by atoms with Gasteiger partial charge in [-0.3, -0.25) is 4.79 Å². The first-order valence-electron chi connectivity index (χ1n) is 12.0. The van der Waals surface area contributed by atoms with E-state index in [1.807, 2.05) is 25.3 Å². The molecule has 3 N–H and O–H groups in total. The third-order valence-corrected chi connectivity index (χ3v) is 7.39. The molecule has 5 rings (SSSR count). The number of carbonyl (C=O) groups excluding carboxylic acids is 1. The Kier molecular flexibility index (Phi) is 5.88. The molecule has 0 atom stereocenters. The van der Waals surface area contributed by atoms with Gasteiger partial charge in [0.05, 0.1) is 5.60 Å². The van der Waals surface area contributed by atoms with E-state index >= 15 is 0 Å². The van der Waals surface area contributed by atoms with Crippen molar-refractivity contribution in [2.45, 2.75) is 64.0 Å². The highest BCUT2D eigenvalue weighted by Crippen LogP contribution is 2.38. The molecule has 2 aliphatic heterocycles. The molecule has 2 aromatic heterocycles. The van der Waals surface area contributed by atoms with E-state index in [9.17, 15) is 9.90 Å². The van der Waals surface area contributed by atoms with Crippen LogP contribution in [0.2, 0.25) is 0 Å². The number of rotatable bonds is 5. The van der Waals surface area contributed by atoms with Crippen molar-refractivity contribution in [1.82, 2.24) is 20.3 Å². The van der Waals surface area contributed by atoms with Gasteiger partial charge in [0.15, 0.2) is 5.78 Å². The molecule has 8 nitrogen and oxygen atoms in total. The lowest BCUT2D eigenvalue weighted by atomic mass is 9.86. The van der Waals surface area contributed by atoms with Crippen molar-refractivity contribution in [1.29, 1.82) is 0 Å². The summed E-state index contributed by atoms with van der Waals surface area (Å²) in [7, 11) is 0. The highest BCUT2D eigenvalue weighted by Gasteiger charge is 2.33. The molecule has 8 heteroatoms. The molecule has 33 heavy (non-hydrogen) atoms. The molecule has 2 aromatic rings. The number of Topliss-reactive ketones (excluding diaryl/α,β-unsaturated/α-hetero) is 1. The summed E-state index contributed by atoms with van der Waals surface area (Å²) >= 11 is 0. The maximum absolute atomic E-state index is 12.3. The number of aromatic nitrogens is 3. The number of nitrogens with zero attached hydrogens (tertiary/aromatic N) is 4. The summed E-state index contributed by atoms with van der Waals surface area (Å²) in [5, 5.41) is 17.4. The SMILES string of the molecule is CC(=O)C1=C(C)c2cnc(Nc3ccc(C4(O)CCNCC4)cn3)nc2N(C2CCCC2)C1. The normalized spacial score (nSPS) is 20.6. The van der Waals surface area contributed by atoms with Crippen molar-refractivity contribution >= 4 is 28.9 Å². The number of hydrogen-bond donors (Lipinski definition) is 3. The van der Waals surface area contributed by atoms with Crippen LogP contribution in [0, 0.1) is 0 Å². The summed E-state index contributed by atoms with van der Waals surface area (Å²) in [4.78, 5) is 28.5. The van der Waals surface area contributed by atoms with Gasteiger partial charge < -0.3 is 20.6 Å². The molecule has 0 aromatic carbocycles. The van der Waals surface area contributed by atoms with Gasteiger partial charge in [-0.15, -0.1) is 0 Å². The number of carbonyl (C=O) groups is 1. The second-order valence-corrected chi connectivity index (χ2v) is 9.50. The van der Waals surface area contributed by atoms with Crippen molar-refractivity contribution in [2.24, 2.45) is 0 Å². The predicted octanol–water partition coefficient (Wildman–Crippen LogP) is 3.31. The molecule has 3 aliphatic rings. The fourth-order valence-corrected chi connectivity index (χ4v) is 5.32. The summed E-state index contributed by atoms with van der Waals surface area (Å²) in [6, 6.07) is 4.19. The Morgan fingerprint density at radius 1 is 1.18 bits per heavy atom. The Morgan fingerprint density at radius 2 is 1.94 bits per heavy atom. The zero-order valence-corrected chi connectivity index (χ0v) is 19.4. The van der Waals surface area contributed by atoms with Gasteiger partial charge in [-0.2, -0.15) is 4.98 Å². The van der Waals surface area contributed by atoms with Gasteiger partial charge in [0.1, 0.15) is 11.6 Å². The minimum absolute atomic E-state index is 0.114. The van der Waals surface area contributed by atoms with Crippen LogP contribution < -0.4 is 15.5 Å². The number of hydrogen-bond acceptors (Lipinski definition) is 8. The van der Waals surface area contributed by atoms with E-state index in [0.29, 0.717) is 37.2 Å². The van der Waals surface area contributed by atoms with Crippen LogP contribution in [0.25, 0.3) is 5.57 Å². The van der Waals surface area contributed by atoms with E-state index in [4.69, 9.17) is 4.98 Å². The number of anilines is 3. The van der Waals surface area contributed by atoms with E-state index in [-0.39, 0.29) is 5.78 Å². The van der Waals surface area contributed by atoms with Crippen molar-refractivity contribution in [3.05, 3.63) is 41.2 Å². The summed E-state index contributed by atoms with van der Waals surface area (Å²) in [5.41, 5.74) is 2.77. The molecule has 4 heterocycles. The van der Waals surface area contributed by atoms with Crippen LogP contribution in [0.15, 0.2) is 30.1 Å². The lowest BCUT2D eigenvalue weighted by Gasteiger charge is -2.36. The molecule has 0 amide bonds. The van der Waals surface area contributed by atoms with Crippen molar-refractivity contribution < 1.29 is 9.90 Å². The molecule has 0 unspecified atom stereocenters. The van der Waals surface area contributed by atoms with Crippen molar-refractivity contribution in [2.75, 3.05) is 29.9 Å². The molecular formula is C25H32N6O2. The van der Waals surface area contributed by atoms with Crippen LogP contribution in [0.1, 0.15) is 63.5 Å². The van der Waals surface area contributed by atoms with Crippen LogP contribution in [0.3, 0.4) is 0 Å². The summed E-state index contributed by atoms with van der Waals surface area (Å²) in [6.07, 6.45) is 9.59. The number of piperidine rings is 1. The van der Waals surface area contributed by atoms with Crippen molar-refractivity contribution in [3.8, 4) is 0 Å². The first kappa shape index (κ1) is 22.0. The largest absolute Gasteiger partial charge is 0.385 e. The number of pyridine rings is 1. The average molecular weight is 449 g/mol. The van der Waals surface area contributed by atoms with E-state index in [1.165, 1.54) is 12.8 Å². The van der Waals surface area contributed by atoms with Crippen LogP contribution in [0.4, 0.5) is 17.6 Å². The lowest BCUT2D eigenvalue weighted by Crippen LogP contribution is -2.40. The van der Waals surface area contributed by atoms with Gasteiger partial charge >= 0.3 is 0 Å². The smallest absolute Gasteiger partial charge is 0.230 e. The molecule has 0 spiro atoms. The van der Waals surface area contributed by atoms with Gasteiger partial charge in [0.25, 0.3) is 0 Å². The third kappa shape index (κ3) is 4.25. The molecule has 2 fully saturated rings. The fourth-order valence-electron chi connectivity index (χ4n) is 5.32. The lowest BCUT2D eigenvalue weighted by molar-refractivity contribution is -0.113. The fraction of sp³-hybridized carbons (Fsp3) is 0.520.